The number of aromatic nitrogens is 2. The molecule has 1 amide bonds. The van der Waals surface area contributed by atoms with Gasteiger partial charge in [0.2, 0.25) is 5.91 Å². The zero-order valence-electron chi connectivity index (χ0n) is 14.3. The number of amides is 1. The van der Waals surface area contributed by atoms with E-state index in [0.717, 1.165) is 43.9 Å². The first-order valence-electron chi connectivity index (χ1n) is 8.34. The molecule has 0 atom stereocenters. The number of fused-ring (bicyclic) bond motifs is 1. The summed E-state index contributed by atoms with van der Waals surface area (Å²) in [5.41, 5.74) is 2.28. The smallest absolute Gasteiger partial charge is 0.223 e. The van der Waals surface area contributed by atoms with Gasteiger partial charge in [-0.3, -0.25) is 9.69 Å². The number of hydrogen-bond acceptors (Lipinski definition) is 3. The minimum atomic E-state index is 0.0603. The Balaban J connectivity index is 1.54. The lowest BCUT2D eigenvalue weighted by Gasteiger charge is -2.35. The fraction of sp³-hybridized carbons (Fsp3) is 0.556. The van der Waals surface area contributed by atoms with Gasteiger partial charge in [-0.25, -0.2) is 4.52 Å². The summed E-state index contributed by atoms with van der Waals surface area (Å²) in [6.07, 6.45) is 2.60. The number of carbonyl (C=O) groups is 1. The van der Waals surface area contributed by atoms with Gasteiger partial charge in [0.15, 0.2) is 0 Å². The Kier molecular flexibility index (Phi) is 4.39. The van der Waals surface area contributed by atoms with Crippen LogP contribution in [0, 0.1) is 5.41 Å². The first kappa shape index (κ1) is 16.0. The maximum absolute atomic E-state index is 12.3. The Morgan fingerprint density at radius 1 is 1.17 bits per heavy atom. The van der Waals surface area contributed by atoms with Crippen molar-refractivity contribution in [3.8, 4) is 0 Å². The van der Waals surface area contributed by atoms with Gasteiger partial charge in [0.05, 0.1) is 11.2 Å². The molecule has 3 heterocycles. The third kappa shape index (κ3) is 4.10. The molecule has 0 aromatic carbocycles. The lowest BCUT2D eigenvalue weighted by molar-refractivity contribution is -0.134. The van der Waals surface area contributed by atoms with Crippen LogP contribution in [-0.2, 0) is 11.3 Å². The molecule has 0 radical (unpaired) electrons. The summed E-state index contributed by atoms with van der Waals surface area (Å²) in [5, 5.41) is 4.60. The van der Waals surface area contributed by atoms with Crippen molar-refractivity contribution in [3.63, 3.8) is 0 Å². The van der Waals surface area contributed by atoms with Gasteiger partial charge in [0, 0.05) is 45.3 Å². The van der Waals surface area contributed by atoms with Gasteiger partial charge in [-0.05, 0) is 23.6 Å². The average molecular weight is 314 g/mol. The standard InChI is InChI=1S/C18H26N4O/c1-18(2,3)13-17(23)21-10-8-20(9-11-21)14-15-12-16-6-4-5-7-22(16)19-15/h4-7,12H,8-11,13-14H2,1-3H3. The molecular weight excluding hydrogens is 288 g/mol. The Hall–Kier alpha value is -1.88. The molecular formula is C18H26N4O. The van der Waals surface area contributed by atoms with Gasteiger partial charge in [0.1, 0.15) is 0 Å². The lowest BCUT2D eigenvalue weighted by Crippen LogP contribution is -2.48. The number of carbonyl (C=O) groups excluding carboxylic acids is 1. The van der Waals surface area contributed by atoms with Crippen molar-refractivity contribution >= 4 is 11.4 Å². The topological polar surface area (TPSA) is 40.9 Å². The largest absolute Gasteiger partial charge is 0.340 e. The molecule has 0 spiro atoms. The van der Waals surface area contributed by atoms with E-state index < -0.39 is 0 Å². The van der Waals surface area contributed by atoms with Crippen LogP contribution in [0.25, 0.3) is 5.52 Å². The quantitative estimate of drug-likeness (QED) is 0.873. The minimum absolute atomic E-state index is 0.0603. The summed E-state index contributed by atoms with van der Waals surface area (Å²) in [7, 11) is 0. The maximum atomic E-state index is 12.3. The minimum Gasteiger partial charge on any atom is -0.340 e. The number of nitrogens with zero attached hydrogens (tertiary/aromatic N) is 4. The van der Waals surface area contributed by atoms with E-state index in [4.69, 9.17) is 0 Å². The van der Waals surface area contributed by atoms with E-state index in [9.17, 15) is 4.79 Å². The molecule has 124 valence electrons. The predicted molar refractivity (Wildman–Crippen MR) is 91.1 cm³/mol. The average Bonchev–Trinajstić information content (AvgIpc) is 2.88. The molecule has 23 heavy (non-hydrogen) atoms. The van der Waals surface area contributed by atoms with Crippen LogP contribution in [0.15, 0.2) is 30.5 Å². The molecule has 0 N–H and O–H groups in total. The van der Waals surface area contributed by atoms with Crippen molar-refractivity contribution in [1.82, 2.24) is 19.4 Å². The fourth-order valence-corrected chi connectivity index (χ4v) is 3.02. The summed E-state index contributed by atoms with van der Waals surface area (Å²) in [4.78, 5) is 16.7. The van der Waals surface area contributed by atoms with Crippen molar-refractivity contribution in [1.29, 1.82) is 0 Å². The molecule has 0 aliphatic carbocycles. The highest BCUT2D eigenvalue weighted by molar-refractivity contribution is 5.76. The van der Waals surface area contributed by atoms with Crippen LogP contribution in [0.4, 0.5) is 0 Å². The zero-order chi connectivity index (χ0) is 16.4. The van der Waals surface area contributed by atoms with Crippen LogP contribution in [0.2, 0.25) is 0 Å². The number of rotatable bonds is 3. The van der Waals surface area contributed by atoms with Gasteiger partial charge in [-0.15, -0.1) is 0 Å². The van der Waals surface area contributed by atoms with Crippen molar-refractivity contribution in [2.24, 2.45) is 5.41 Å². The molecule has 5 nitrogen and oxygen atoms in total. The van der Waals surface area contributed by atoms with Gasteiger partial charge < -0.3 is 4.90 Å². The Morgan fingerprint density at radius 2 is 1.91 bits per heavy atom. The van der Waals surface area contributed by atoms with E-state index in [1.165, 1.54) is 0 Å². The Bertz CT molecular complexity index is 645. The van der Waals surface area contributed by atoms with Crippen molar-refractivity contribution < 1.29 is 4.79 Å². The van der Waals surface area contributed by atoms with Crippen molar-refractivity contribution in [2.75, 3.05) is 26.2 Å². The van der Waals surface area contributed by atoms with Gasteiger partial charge in [-0.1, -0.05) is 26.8 Å². The van der Waals surface area contributed by atoms with E-state index in [1.54, 1.807) is 0 Å². The van der Waals surface area contributed by atoms with Gasteiger partial charge >= 0.3 is 0 Å². The highest BCUT2D eigenvalue weighted by Gasteiger charge is 2.25. The number of pyridine rings is 1. The molecule has 0 unspecified atom stereocenters. The summed E-state index contributed by atoms with van der Waals surface area (Å²) in [6, 6.07) is 8.22. The highest BCUT2D eigenvalue weighted by Crippen LogP contribution is 2.20. The summed E-state index contributed by atoms with van der Waals surface area (Å²) in [6.45, 7) is 10.7. The van der Waals surface area contributed by atoms with Gasteiger partial charge in [0.25, 0.3) is 0 Å². The van der Waals surface area contributed by atoms with Crippen LogP contribution >= 0.6 is 0 Å². The maximum Gasteiger partial charge on any atom is 0.223 e. The SMILES string of the molecule is CC(C)(C)CC(=O)N1CCN(Cc2cc3ccccn3n2)CC1. The lowest BCUT2D eigenvalue weighted by atomic mass is 9.91. The molecule has 1 fully saturated rings. The molecule has 2 aromatic heterocycles. The second-order valence-electron chi connectivity index (χ2n) is 7.60. The van der Waals surface area contributed by atoms with Crippen LogP contribution in [0.3, 0.4) is 0 Å². The monoisotopic (exact) mass is 314 g/mol. The highest BCUT2D eigenvalue weighted by atomic mass is 16.2. The molecule has 3 rings (SSSR count). The summed E-state index contributed by atoms with van der Waals surface area (Å²) < 4.78 is 1.92. The summed E-state index contributed by atoms with van der Waals surface area (Å²) in [5.74, 6) is 0.282. The third-order valence-corrected chi connectivity index (χ3v) is 4.21. The summed E-state index contributed by atoms with van der Waals surface area (Å²) >= 11 is 0. The second kappa shape index (κ2) is 6.32. The second-order valence-corrected chi connectivity index (χ2v) is 7.60. The van der Waals surface area contributed by atoms with E-state index >= 15 is 0 Å². The number of piperazine rings is 1. The molecule has 1 aliphatic rings. The molecule has 1 saturated heterocycles. The third-order valence-electron chi connectivity index (χ3n) is 4.21. The Morgan fingerprint density at radius 3 is 2.57 bits per heavy atom. The fourth-order valence-electron chi connectivity index (χ4n) is 3.02. The van der Waals surface area contributed by atoms with E-state index in [1.807, 2.05) is 27.7 Å². The van der Waals surface area contributed by atoms with Crippen molar-refractivity contribution in [3.05, 3.63) is 36.2 Å². The molecule has 2 aromatic rings. The molecule has 5 heteroatoms. The molecule has 0 saturated carbocycles. The van der Waals surface area contributed by atoms with E-state index in [2.05, 4.69) is 42.9 Å². The zero-order valence-corrected chi connectivity index (χ0v) is 14.3. The first-order valence-corrected chi connectivity index (χ1v) is 8.34. The predicted octanol–water partition coefficient (Wildman–Crippen LogP) is 2.41. The Labute approximate surface area is 137 Å². The van der Waals surface area contributed by atoms with E-state index in [0.29, 0.717) is 6.42 Å². The number of hydrogen-bond donors (Lipinski definition) is 0. The van der Waals surface area contributed by atoms with Crippen LogP contribution in [0.5, 0.6) is 0 Å². The molecule has 0 bridgehead atoms. The van der Waals surface area contributed by atoms with Gasteiger partial charge in [-0.2, -0.15) is 5.10 Å². The van der Waals surface area contributed by atoms with Crippen LogP contribution < -0.4 is 0 Å². The van der Waals surface area contributed by atoms with Crippen LogP contribution in [-0.4, -0.2) is 51.5 Å². The van der Waals surface area contributed by atoms with Crippen LogP contribution in [0.1, 0.15) is 32.9 Å². The first-order chi connectivity index (χ1) is 10.9. The van der Waals surface area contributed by atoms with Crippen molar-refractivity contribution in [2.45, 2.75) is 33.7 Å². The van der Waals surface area contributed by atoms with E-state index in [-0.39, 0.29) is 11.3 Å². The molecule has 1 aliphatic heterocycles. The normalized spacial score (nSPS) is 16.9.